The van der Waals surface area contributed by atoms with Gasteiger partial charge in [-0.3, -0.25) is 0 Å². The van der Waals surface area contributed by atoms with Crippen molar-refractivity contribution in [3.05, 3.63) is 36.4 Å². The molecule has 0 bridgehead atoms. The largest absolute Gasteiger partial charge is 0.545 e. The summed E-state index contributed by atoms with van der Waals surface area (Å²) >= 11 is 0. The van der Waals surface area contributed by atoms with E-state index in [1.165, 1.54) is 18.2 Å². The number of carbonyl (C=O) groups excluding carboxylic acids is 1. The smallest absolute Gasteiger partial charge is 0.143 e. The molecule has 0 aromatic heterocycles. The monoisotopic (exact) mass is 192 g/mol. The summed E-state index contributed by atoms with van der Waals surface area (Å²) in [6.45, 7) is 3.75. The fourth-order valence-corrected chi connectivity index (χ4v) is 0.935. The number of benzene rings is 1. The highest BCUT2D eigenvalue weighted by atomic mass is 16.5. The molecule has 0 amide bonds. The van der Waals surface area contributed by atoms with E-state index >= 15 is 0 Å². The van der Waals surface area contributed by atoms with E-state index in [1.54, 1.807) is 6.08 Å². The first-order valence-electron chi connectivity index (χ1n) is 3.99. The van der Waals surface area contributed by atoms with Crippen LogP contribution in [-0.4, -0.2) is 12.6 Å². The summed E-state index contributed by atoms with van der Waals surface area (Å²) in [6.07, 6.45) is 1.55. The van der Waals surface area contributed by atoms with Crippen LogP contribution in [0.1, 0.15) is 10.4 Å². The van der Waals surface area contributed by atoms with Crippen LogP contribution in [-0.2, 0) is 0 Å². The third kappa shape index (κ3) is 2.26. The summed E-state index contributed by atoms with van der Waals surface area (Å²) in [5, 5.41) is 10.5. The minimum atomic E-state index is -1.26. The van der Waals surface area contributed by atoms with Crippen LogP contribution in [0, 0.1) is 0 Å². The van der Waals surface area contributed by atoms with Gasteiger partial charge in [0.25, 0.3) is 0 Å². The maximum absolute atomic E-state index is 10.5. The van der Waals surface area contributed by atoms with Crippen LogP contribution in [0.4, 0.5) is 5.69 Å². The fourth-order valence-electron chi connectivity index (χ4n) is 0.935. The molecule has 74 valence electrons. The number of rotatable bonds is 4. The molecular formula is C10H10NO3-. The molecule has 0 fully saturated rings. The van der Waals surface area contributed by atoms with Crippen molar-refractivity contribution in [1.29, 1.82) is 0 Å². The Morgan fingerprint density at radius 3 is 2.93 bits per heavy atom. The van der Waals surface area contributed by atoms with Crippen LogP contribution in [0.3, 0.4) is 0 Å². The highest BCUT2D eigenvalue weighted by molar-refractivity contribution is 5.87. The van der Waals surface area contributed by atoms with Crippen molar-refractivity contribution in [3.8, 4) is 5.75 Å². The summed E-state index contributed by atoms with van der Waals surface area (Å²) < 4.78 is 5.14. The first-order valence-corrected chi connectivity index (χ1v) is 3.99. The third-order valence-corrected chi connectivity index (χ3v) is 1.61. The average molecular weight is 192 g/mol. The second-order valence-electron chi connectivity index (χ2n) is 2.64. The SMILES string of the molecule is C=CCOc1cc(C(=O)[O-])ccc1N. The van der Waals surface area contributed by atoms with Gasteiger partial charge >= 0.3 is 0 Å². The van der Waals surface area contributed by atoms with Crippen molar-refractivity contribution in [3.63, 3.8) is 0 Å². The van der Waals surface area contributed by atoms with Gasteiger partial charge in [-0.15, -0.1) is 0 Å². The maximum atomic E-state index is 10.5. The van der Waals surface area contributed by atoms with E-state index in [0.717, 1.165) is 0 Å². The molecule has 14 heavy (non-hydrogen) atoms. The molecule has 0 spiro atoms. The second-order valence-corrected chi connectivity index (χ2v) is 2.64. The van der Waals surface area contributed by atoms with Crippen LogP contribution in [0.15, 0.2) is 30.9 Å². The molecule has 0 atom stereocenters. The van der Waals surface area contributed by atoms with Crippen molar-refractivity contribution in [2.24, 2.45) is 0 Å². The van der Waals surface area contributed by atoms with Gasteiger partial charge in [0.15, 0.2) is 0 Å². The number of carboxylic acids is 1. The van der Waals surface area contributed by atoms with Gasteiger partial charge in [-0.05, 0) is 12.1 Å². The Labute approximate surface area is 81.6 Å². The Hall–Kier alpha value is -1.97. The van der Waals surface area contributed by atoms with Gasteiger partial charge in [0.05, 0.1) is 11.7 Å². The molecule has 1 rings (SSSR count). The minimum Gasteiger partial charge on any atom is -0.545 e. The predicted molar refractivity (Wildman–Crippen MR) is 50.9 cm³/mol. The summed E-state index contributed by atoms with van der Waals surface area (Å²) in [5.41, 5.74) is 5.98. The van der Waals surface area contributed by atoms with E-state index in [4.69, 9.17) is 10.5 Å². The maximum Gasteiger partial charge on any atom is 0.143 e. The lowest BCUT2D eigenvalue weighted by Gasteiger charge is -2.09. The lowest BCUT2D eigenvalue weighted by atomic mass is 10.2. The number of aromatic carboxylic acids is 1. The van der Waals surface area contributed by atoms with Gasteiger partial charge in [-0.25, -0.2) is 0 Å². The first kappa shape index (κ1) is 10.1. The molecule has 4 nitrogen and oxygen atoms in total. The predicted octanol–water partition coefficient (Wildman–Crippen LogP) is 0.197. The van der Waals surface area contributed by atoms with E-state index in [0.29, 0.717) is 11.4 Å². The Bertz CT molecular complexity index is 360. The Kier molecular flexibility index (Phi) is 3.12. The minimum absolute atomic E-state index is 0.0401. The fraction of sp³-hybridized carbons (Fsp3) is 0.100. The van der Waals surface area contributed by atoms with Crippen molar-refractivity contribution < 1.29 is 14.6 Å². The molecule has 2 N–H and O–H groups in total. The second kappa shape index (κ2) is 4.32. The molecule has 0 saturated carbocycles. The number of carboxylic acid groups (broad SMARTS) is 1. The van der Waals surface area contributed by atoms with Crippen molar-refractivity contribution >= 4 is 11.7 Å². The molecule has 0 heterocycles. The highest BCUT2D eigenvalue weighted by Gasteiger charge is 2.01. The zero-order chi connectivity index (χ0) is 10.6. The van der Waals surface area contributed by atoms with Crippen molar-refractivity contribution in [2.45, 2.75) is 0 Å². The van der Waals surface area contributed by atoms with Gasteiger partial charge in [0.2, 0.25) is 0 Å². The van der Waals surface area contributed by atoms with Crippen LogP contribution in [0.5, 0.6) is 5.75 Å². The molecule has 4 heteroatoms. The van der Waals surface area contributed by atoms with Gasteiger partial charge in [0, 0.05) is 5.56 Å². The number of hydrogen-bond donors (Lipinski definition) is 1. The van der Waals surface area contributed by atoms with E-state index in [2.05, 4.69) is 6.58 Å². The van der Waals surface area contributed by atoms with Gasteiger partial charge < -0.3 is 20.4 Å². The summed E-state index contributed by atoms with van der Waals surface area (Å²) in [4.78, 5) is 10.5. The topological polar surface area (TPSA) is 75.4 Å². The number of nitrogens with two attached hydrogens (primary N) is 1. The number of hydrogen-bond acceptors (Lipinski definition) is 4. The molecule has 0 aliphatic carbocycles. The highest BCUT2D eigenvalue weighted by Crippen LogP contribution is 2.22. The molecule has 1 aromatic rings. The van der Waals surface area contributed by atoms with Crippen LogP contribution in [0.25, 0.3) is 0 Å². The molecule has 0 radical (unpaired) electrons. The molecule has 0 aliphatic heterocycles. The number of carbonyl (C=O) groups is 1. The van der Waals surface area contributed by atoms with E-state index < -0.39 is 5.97 Å². The summed E-state index contributed by atoms with van der Waals surface area (Å²) in [7, 11) is 0. The number of ether oxygens (including phenoxy) is 1. The first-order chi connectivity index (χ1) is 6.65. The zero-order valence-corrected chi connectivity index (χ0v) is 7.53. The molecule has 0 aliphatic rings. The van der Waals surface area contributed by atoms with E-state index in [9.17, 15) is 9.90 Å². The zero-order valence-electron chi connectivity index (χ0n) is 7.53. The Morgan fingerprint density at radius 2 is 2.36 bits per heavy atom. The lowest BCUT2D eigenvalue weighted by Crippen LogP contribution is -2.22. The summed E-state index contributed by atoms with van der Waals surface area (Å²) in [5.74, 6) is -0.931. The van der Waals surface area contributed by atoms with Crippen molar-refractivity contribution in [1.82, 2.24) is 0 Å². The number of anilines is 1. The number of nitrogen functional groups attached to an aromatic ring is 1. The van der Waals surface area contributed by atoms with Gasteiger partial charge in [-0.1, -0.05) is 18.7 Å². The van der Waals surface area contributed by atoms with E-state index in [1.807, 2.05) is 0 Å². The van der Waals surface area contributed by atoms with Gasteiger partial charge in [0.1, 0.15) is 12.4 Å². The normalized spacial score (nSPS) is 9.43. The van der Waals surface area contributed by atoms with Crippen LogP contribution >= 0.6 is 0 Å². The van der Waals surface area contributed by atoms with E-state index in [-0.39, 0.29) is 12.2 Å². The third-order valence-electron chi connectivity index (χ3n) is 1.61. The Morgan fingerprint density at radius 1 is 1.64 bits per heavy atom. The lowest BCUT2D eigenvalue weighted by molar-refractivity contribution is -0.255. The average Bonchev–Trinajstić information content (AvgIpc) is 2.16. The quantitative estimate of drug-likeness (QED) is 0.546. The van der Waals surface area contributed by atoms with Gasteiger partial charge in [-0.2, -0.15) is 0 Å². The standard InChI is InChI=1S/C10H11NO3/c1-2-5-14-9-6-7(10(12)13)3-4-8(9)11/h2-4,6H,1,5,11H2,(H,12,13)/p-1. The van der Waals surface area contributed by atoms with Crippen molar-refractivity contribution in [2.75, 3.05) is 12.3 Å². The van der Waals surface area contributed by atoms with Crippen LogP contribution < -0.4 is 15.6 Å². The Balaban J connectivity index is 2.95. The molecule has 0 unspecified atom stereocenters. The molecule has 1 aromatic carbocycles. The molecule has 0 saturated heterocycles. The molecular weight excluding hydrogens is 182 g/mol. The summed E-state index contributed by atoms with van der Waals surface area (Å²) in [6, 6.07) is 4.16. The van der Waals surface area contributed by atoms with Crippen LogP contribution in [0.2, 0.25) is 0 Å².